The Morgan fingerprint density at radius 3 is 2.38 bits per heavy atom. The van der Waals surface area contributed by atoms with Crippen molar-refractivity contribution in [2.75, 3.05) is 31.1 Å². The minimum atomic E-state index is -4.94. The molecule has 3 heterocycles. The zero-order valence-electron chi connectivity index (χ0n) is 25.5. The van der Waals surface area contributed by atoms with E-state index in [0.717, 1.165) is 52.5 Å². The molecule has 11 nitrogen and oxygen atoms in total. The summed E-state index contributed by atoms with van der Waals surface area (Å²) in [6.07, 6.45) is -0.105. The Morgan fingerprint density at radius 2 is 1.72 bits per heavy atom. The summed E-state index contributed by atoms with van der Waals surface area (Å²) in [5, 5.41) is 3.29. The number of fused-ring (bicyclic) bond motifs is 1. The predicted molar refractivity (Wildman–Crippen MR) is 169 cm³/mol. The highest BCUT2D eigenvalue weighted by Gasteiger charge is 2.41. The van der Waals surface area contributed by atoms with Gasteiger partial charge in [-0.3, -0.25) is 9.78 Å². The number of amides is 1. The van der Waals surface area contributed by atoms with E-state index < -0.39 is 40.1 Å². The van der Waals surface area contributed by atoms with Crippen LogP contribution in [0, 0.1) is 0 Å². The number of nitrogens with one attached hydrogen (secondary N) is 1. The predicted octanol–water partition coefficient (Wildman–Crippen LogP) is 4.92. The maximum absolute atomic E-state index is 13.8. The van der Waals surface area contributed by atoms with Crippen molar-refractivity contribution < 1.29 is 40.7 Å². The van der Waals surface area contributed by atoms with E-state index in [4.69, 9.17) is 4.74 Å². The van der Waals surface area contributed by atoms with Crippen LogP contribution >= 0.6 is 11.3 Å². The largest absolute Gasteiger partial charge is 0.573 e. The number of alkyl halides is 3. The second kappa shape index (κ2) is 14.2. The van der Waals surface area contributed by atoms with E-state index in [2.05, 4.69) is 26.9 Å². The molecule has 0 saturated carbocycles. The van der Waals surface area contributed by atoms with Crippen LogP contribution < -0.4 is 15.0 Å². The molecule has 0 bridgehead atoms. The molecular formula is C31H32F3N5O6S2. The van der Waals surface area contributed by atoms with E-state index in [-0.39, 0.29) is 43.2 Å². The number of halogens is 3. The van der Waals surface area contributed by atoms with Gasteiger partial charge >= 0.3 is 12.3 Å². The third kappa shape index (κ3) is 8.00. The van der Waals surface area contributed by atoms with Crippen LogP contribution in [0.15, 0.2) is 65.8 Å². The number of pyridine rings is 1. The average Bonchev–Trinajstić information content (AvgIpc) is 3.48. The van der Waals surface area contributed by atoms with Gasteiger partial charge in [-0.25, -0.2) is 18.2 Å². The van der Waals surface area contributed by atoms with Gasteiger partial charge in [0.1, 0.15) is 22.9 Å². The molecule has 1 aliphatic rings. The van der Waals surface area contributed by atoms with Gasteiger partial charge in [0.2, 0.25) is 15.9 Å². The molecular weight excluding hydrogens is 659 g/mol. The molecule has 47 heavy (non-hydrogen) atoms. The molecule has 2 aromatic heterocycles. The lowest BCUT2D eigenvalue weighted by Crippen LogP contribution is -2.60. The summed E-state index contributed by atoms with van der Waals surface area (Å²) in [5.74, 6) is -1.72. The van der Waals surface area contributed by atoms with Crippen LogP contribution in [-0.2, 0) is 32.5 Å². The summed E-state index contributed by atoms with van der Waals surface area (Å²) < 4.78 is 76.3. The van der Waals surface area contributed by atoms with Gasteiger partial charge < -0.3 is 19.7 Å². The highest BCUT2D eigenvalue weighted by molar-refractivity contribution is 7.89. The molecule has 16 heteroatoms. The molecule has 0 radical (unpaired) electrons. The summed E-state index contributed by atoms with van der Waals surface area (Å²) in [5.41, 5.74) is 2.55. The maximum Gasteiger partial charge on any atom is 0.573 e. The Kier molecular flexibility index (Phi) is 10.3. The summed E-state index contributed by atoms with van der Waals surface area (Å²) in [6.45, 7) is 4.00. The van der Waals surface area contributed by atoms with E-state index in [1.807, 2.05) is 24.3 Å². The normalized spacial score (nSPS) is 15.9. The van der Waals surface area contributed by atoms with Crippen molar-refractivity contribution in [1.29, 1.82) is 0 Å². The number of sulfonamides is 1. The standard InChI is InChI=1S/C31H32F3N5O6S2/c1-3-5-20-6-8-21(9-7-20)16-36-28(40)25-19-38(30-37-27-24(29(41)44-4-2)17-35-18-26(27)46-30)14-15-39(25)47(42,43)23-12-10-22(11-13-23)45-31(32,33)34/h6-13,17-18,25H,3-5,14-16,19H2,1-2H3,(H,36,40)/t25-/m1/s1. The molecule has 1 saturated heterocycles. The van der Waals surface area contributed by atoms with Crippen molar-refractivity contribution in [2.24, 2.45) is 0 Å². The van der Waals surface area contributed by atoms with Gasteiger partial charge in [-0.2, -0.15) is 4.31 Å². The first-order chi connectivity index (χ1) is 22.4. The Hall–Kier alpha value is -4.28. The molecule has 1 aliphatic heterocycles. The van der Waals surface area contributed by atoms with Crippen LogP contribution in [0.1, 0.15) is 41.8 Å². The maximum atomic E-state index is 13.8. The number of piperazine rings is 1. The second-order valence-electron chi connectivity index (χ2n) is 10.6. The molecule has 1 fully saturated rings. The number of ether oxygens (including phenoxy) is 2. The number of rotatable bonds is 11. The smallest absolute Gasteiger partial charge is 0.462 e. The fourth-order valence-corrected chi connectivity index (χ4v) is 7.71. The van der Waals surface area contributed by atoms with Gasteiger partial charge in [-0.05, 0) is 48.7 Å². The first kappa shape index (κ1) is 34.1. The number of thiazole rings is 1. The highest BCUT2D eigenvalue weighted by Crippen LogP contribution is 2.33. The zero-order chi connectivity index (χ0) is 33.8. The van der Waals surface area contributed by atoms with Crippen LogP contribution in [-0.4, -0.2) is 73.2 Å². The van der Waals surface area contributed by atoms with E-state index in [9.17, 15) is 31.2 Å². The van der Waals surface area contributed by atoms with Crippen LogP contribution in [0.4, 0.5) is 18.3 Å². The summed E-state index contributed by atoms with van der Waals surface area (Å²) in [7, 11) is -4.35. The lowest BCUT2D eigenvalue weighted by atomic mass is 10.1. The van der Waals surface area contributed by atoms with Gasteiger partial charge in [0.25, 0.3) is 0 Å². The minimum Gasteiger partial charge on any atom is -0.462 e. The highest BCUT2D eigenvalue weighted by atomic mass is 32.2. The monoisotopic (exact) mass is 691 g/mol. The van der Waals surface area contributed by atoms with Gasteiger partial charge in [0, 0.05) is 38.6 Å². The summed E-state index contributed by atoms with van der Waals surface area (Å²) in [4.78, 5) is 36.4. The van der Waals surface area contributed by atoms with E-state index in [1.165, 1.54) is 17.5 Å². The van der Waals surface area contributed by atoms with Crippen LogP contribution in [0.25, 0.3) is 10.2 Å². The minimum absolute atomic E-state index is 0.0856. The van der Waals surface area contributed by atoms with Crippen LogP contribution in [0.5, 0.6) is 5.75 Å². The molecule has 4 aromatic rings. The quantitative estimate of drug-likeness (QED) is 0.218. The molecule has 250 valence electrons. The number of carbonyl (C=O) groups excluding carboxylic acids is 2. The lowest BCUT2D eigenvalue weighted by molar-refractivity contribution is -0.274. The Bertz CT molecular complexity index is 1830. The Balaban J connectivity index is 1.42. The van der Waals surface area contributed by atoms with Crippen molar-refractivity contribution in [3.05, 3.63) is 77.6 Å². The van der Waals surface area contributed by atoms with E-state index in [1.54, 1.807) is 18.0 Å². The van der Waals surface area contributed by atoms with Crippen LogP contribution in [0.2, 0.25) is 0 Å². The molecule has 1 N–H and O–H groups in total. The average molecular weight is 692 g/mol. The molecule has 0 unspecified atom stereocenters. The summed E-state index contributed by atoms with van der Waals surface area (Å²) >= 11 is 1.23. The number of nitrogens with zero attached hydrogens (tertiary/aromatic N) is 4. The third-order valence-electron chi connectivity index (χ3n) is 7.38. The molecule has 2 aromatic carbocycles. The van der Waals surface area contributed by atoms with E-state index in [0.29, 0.717) is 15.3 Å². The van der Waals surface area contributed by atoms with Gasteiger partial charge in [0.15, 0.2) is 5.13 Å². The van der Waals surface area contributed by atoms with Crippen LogP contribution in [0.3, 0.4) is 0 Å². The number of benzene rings is 2. The van der Waals surface area contributed by atoms with Gasteiger partial charge in [-0.15, -0.1) is 13.2 Å². The zero-order valence-corrected chi connectivity index (χ0v) is 27.1. The SMILES string of the molecule is CCCc1ccc(CNC(=O)[C@H]2CN(c3nc4c(C(=O)OCC)cncc4s3)CCN2S(=O)(=O)c2ccc(OC(F)(F)F)cc2)cc1. The Morgan fingerprint density at radius 1 is 1.02 bits per heavy atom. The number of carbonyl (C=O) groups is 2. The second-order valence-corrected chi connectivity index (χ2v) is 13.5. The molecule has 1 atom stereocenters. The lowest BCUT2D eigenvalue weighted by Gasteiger charge is -2.39. The summed E-state index contributed by atoms with van der Waals surface area (Å²) in [6, 6.07) is 10.3. The number of hydrogen-bond donors (Lipinski definition) is 1. The number of esters is 1. The number of anilines is 1. The number of hydrogen-bond acceptors (Lipinski definition) is 10. The van der Waals surface area contributed by atoms with Gasteiger partial charge in [0.05, 0.1) is 16.2 Å². The molecule has 5 rings (SSSR count). The third-order valence-corrected chi connectivity index (χ3v) is 10.4. The van der Waals surface area contributed by atoms with E-state index >= 15 is 0 Å². The Labute approximate surface area is 273 Å². The molecule has 1 amide bonds. The van der Waals surface area contributed by atoms with Crippen molar-refractivity contribution in [1.82, 2.24) is 19.6 Å². The van der Waals surface area contributed by atoms with Crippen molar-refractivity contribution in [2.45, 2.75) is 50.5 Å². The first-order valence-electron chi connectivity index (χ1n) is 14.8. The van der Waals surface area contributed by atoms with Crippen molar-refractivity contribution >= 4 is 48.6 Å². The van der Waals surface area contributed by atoms with Crippen molar-refractivity contribution in [3.63, 3.8) is 0 Å². The molecule has 0 spiro atoms. The van der Waals surface area contributed by atoms with Crippen molar-refractivity contribution in [3.8, 4) is 5.75 Å². The fourth-order valence-electron chi connectivity index (χ4n) is 5.14. The molecule has 0 aliphatic carbocycles. The number of aryl methyl sites for hydroxylation is 1. The van der Waals surface area contributed by atoms with Gasteiger partial charge in [-0.1, -0.05) is 48.9 Å². The first-order valence-corrected chi connectivity index (χ1v) is 17.0. The fraction of sp³-hybridized carbons (Fsp3) is 0.355. The topological polar surface area (TPSA) is 131 Å². The number of aromatic nitrogens is 2.